The number of aliphatic hydroxyl groups is 1. The van der Waals surface area contributed by atoms with E-state index in [1.165, 1.54) is 12.8 Å². The van der Waals surface area contributed by atoms with Crippen molar-refractivity contribution in [3.8, 4) is 0 Å². The van der Waals surface area contributed by atoms with Crippen LogP contribution < -0.4 is 5.32 Å². The lowest BCUT2D eigenvalue weighted by Gasteiger charge is -2.27. The monoisotopic (exact) mass is 351 g/mol. The largest absolute Gasteiger partial charge is 0.452 e. The minimum atomic E-state index is -0.0915. The van der Waals surface area contributed by atoms with Crippen LogP contribution in [-0.4, -0.2) is 17.3 Å². The predicted octanol–water partition coefficient (Wildman–Crippen LogP) is 3.20. The topological polar surface area (TPSA) is 45.4 Å². The van der Waals surface area contributed by atoms with Gasteiger partial charge in [0, 0.05) is 5.54 Å². The molecule has 2 rings (SSSR count). The van der Waals surface area contributed by atoms with Gasteiger partial charge in [0.05, 0.1) is 17.6 Å². The first kappa shape index (κ1) is 12.6. The number of rotatable bonds is 4. The van der Waals surface area contributed by atoms with Gasteiger partial charge >= 0.3 is 0 Å². The molecule has 5 heteroatoms. The lowest BCUT2D eigenvalue weighted by molar-refractivity contribution is 0.160. The van der Waals surface area contributed by atoms with Gasteiger partial charge in [-0.05, 0) is 50.8 Å². The summed E-state index contributed by atoms with van der Waals surface area (Å²) in [6.07, 6.45) is 4.48. The summed E-state index contributed by atoms with van der Waals surface area (Å²) in [5, 5.41) is 12.9. The lowest BCUT2D eigenvalue weighted by Crippen LogP contribution is -2.45. The molecule has 0 amide bonds. The van der Waals surface area contributed by atoms with E-state index in [-0.39, 0.29) is 12.1 Å². The molecule has 0 bridgehead atoms. The van der Waals surface area contributed by atoms with E-state index < -0.39 is 0 Å². The van der Waals surface area contributed by atoms with Crippen molar-refractivity contribution in [2.24, 2.45) is 0 Å². The van der Waals surface area contributed by atoms with Crippen LogP contribution in [0.15, 0.2) is 19.6 Å². The Balaban J connectivity index is 1.95. The fourth-order valence-corrected chi connectivity index (χ4v) is 2.85. The third-order valence-electron chi connectivity index (χ3n) is 3.20. The van der Waals surface area contributed by atoms with Crippen LogP contribution in [0.25, 0.3) is 0 Å². The fraction of sp³-hybridized carbons (Fsp3) is 0.636. The number of hydrogen-bond donors (Lipinski definition) is 2. The molecule has 0 aliphatic heterocycles. The molecule has 1 aliphatic carbocycles. The Morgan fingerprint density at radius 2 is 2.06 bits per heavy atom. The zero-order chi connectivity index (χ0) is 11.6. The smallest absolute Gasteiger partial charge is 0.183 e. The molecule has 1 aliphatic rings. The summed E-state index contributed by atoms with van der Waals surface area (Å²) in [6, 6.07) is 1.94. The molecule has 2 N–H and O–H groups in total. The van der Waals surface area contributed by atoms with Gasteiger partial charge < -0.3 is 14.8 Å². The molecule has 16 heavy (non-hydrogen) atoms. The Labute approximate surface area is 112 Å². The van der Waals surface area contributed by atoms with Crippen molar-refractivity contribution in [1.82, 2.24) is 5.32 Å². The second kappa shape index (κ2) is 5.21. The molecule has 1 aromatic rings. The molecule has 0 spiro atoms. The highest BCUT2D eigenvalue weighted by Gasteiger charge is 2.32. The van der Waals surface area contributed by atoms with E-state index in [4.69, 9.17) is 4.42 Å². The Bertz CT molecular complexity index is 339. The van der Waals surface area contributed by atoms with Crippen LogP contribution in [0.4, 0.5) is 0 Å². The highest BCUT2D eigenvalue weighted by molar-refractivity contribution is 9.13. The van der Waals surface area contributed by atoms with Crippen LogP contribution in [0.2, 0.25) is 0 Å². The number of nitrogens with one attached hydrogen (secondary N) is 1. The maximum absolute atomic E-state index is 9.44. The first-order chi connectivity index (χ1) is 7.65. The Morgan fingerprint density at radius 3 is 2.56 bits per heavy atom. The van der Waals surface area contributed by atoms with Gasteiger partial charge in [-0.1, -0.05) is 12.8 Å². The van der Waals surface area contributed by atoms with Crippen LogP contribution in [0.5, 0.6) is 0 Å². The maximum atomic E-state index is 9.44. The van der Waals surface area contributed by atoms with Crippen LogP contribution in [0.1, 0.15) is 31.4 Å². The van der Waals surface area contributed by atoms with Crippen molar-refractivity contribution in [3.63, 3.8) is 0 Å². The molecule has 0 unspecified atom stereocenters. The highest BCUT2D eigenvalue weighted by atomic mass is 79.9. The molecule has 0 saturated heterocycles. The molecule has 0 radical (unpaired) electrons. The number of halogens is 2. The van der Waals surface area contributed by atoms with Crippen molar-refractivity contribution in [2.45, 2.75) is 37.8 Å². The van der Waals surface area contributed by atoms with Gasteiger partial charge in [-0.15, -0.1) is 0 Å². The number of hydrogen-bond acceptors (Lipinski definition) is 3. The van der Waals surface area contributed by atoms with Gasteiger partial charge in [-0.3, -0.25) is 0 Å². The zero-order valence-corrected chi connectivity index (χ0v) is 12.1. The summed E-state index contributed by atoms with van der Waals surface area (Å²) in [5.74, 6) is 0.874. The third-order valence-corrected chi connectivity index (χ3v) is 4.91. The molecule has 90 valence electrons. The molecule has 0 atom stereocenters. The summed E-state index contributed by atoms with van der Waals surface area (Å²) < 4.78 is 7.13. The predicted molar refractivity (Wildman–Crippen MR) is 69.2 cm³/mol. The summed E-state index contributed by atoms with van der Waals surface area (Å²) in [6.45, 7) is 0.862. The van der Waals surface area contributed by atoms with Crippen molar-refractivity contribution < 1.29 is 9.52 Å². The molecular formula is C11H15Br2NO2. The molecular weight excluding hydrogens is 338 g/mol. The first-order valence-electron chi connectivity index (χ1n) is 5.45. The van der Waals surface area contributed by atoms with Gasteiger partial charge in [0.15, 0.2) is 4.67 Å². The van der Waals surface area contributed by atoms with Crippen molar-refractivity contribution in [3.05, 3.63) is 21.0 Å². The first-order valence-corrected chi connectivity index (χ1v) is 7.03. The summed E-state index contributed by atoms with van der Waals surface area (Å²) >= 11 is 6.69. The van der Waals surface area contributed by atoms with Crippen LogP contribution in [0, 0.1) is 0 Å². The van der Waals surface area contributed by atoms with Gasteiger partial charge in [-0.2, -0.15) is 0 Å². The van der Waals surface area contributed by atoms with Crippen molar-refractivity contribution in [2.75, 3.05) is 6.61 Å². The van der Waals surface area contributed by atoms with Crippen molar-refractivity contribution in [1.29, 1.82) is 0 Å². The SMILES string of the molecule is OCC1(NCc2cc(Br)c(Br)o2)CCCC1. The van der Waals surface area contributed by atoms with E-state index in [0.29, 0.717) is 11.2 Å². The lowest BCUT2D eigenvalue weighted by atomic mass is 9.99. The number of furan rings is 1. The quantitative estimate of drug-likeness (QED) is 0.874. The second-order valence-electron chi connectivity index (χ2n) is 4.33. The van der Waals surface area contributed by atoms with E-state index in [0.717, 1.165) is 23.1 Å². The van der Waals surface area contributed by atoms with Crippen LogP contribution >= 0.6 is 31.9 Å². The summed E-state index contributed by atoms with van der Waals surface area (Å²) in [5.41, 5.74) is -0.0915. The fourth-order valence-electron chi connectivity index (χ4n) is 2.20. The standard InChI is InChI=1S/C11H15Br2NO2/c12-9-5-8(16-10(9)13)6-14-11(7-15)3-1-2-4-11/h5,14-15H,1-4,6-7H2. The molecule has 1 heterocycles. The highest BCUT2D eigenvalue weighted by Crippen LogP contribution is 2.31. The van der Waals surface area contributed by atoms with Gasteiger partial charge in [-0.25, -0.2) is 0 Å². The Hall–Kier alpha value is 0.160. The Kier molecular flexibility index (Phi) is 4.11. The maximum Gasteiger partial charge on any atom is 0.183 e. The minimum absolute atomic E-state index is 0.0915. The van der Waals surface area contributed by atoms with Crippen LogP contribution in [0.3, 0.4) is 0 Å². The molecule has 3 nitrogen and oxygen atoms in total. The Morgan fingerprint density at radius 1 is 1.38 bits per heavy atom. The molecule has 1 fully saturated rings. The van der Waals surface area contributed by atoms with Gasteiger partial charge in [0.2, 0.25) is 0 Å². The van der Waals surface area contributed by atoms with Gasteiger partial charge in [0.1, 0.15) is 5.76 Å². The van der Waals surface area contributed by atoms with E-state index in [9.17, 15) is 5.11 Å². The van der Waals surface area contributed by atoms with Gasteiger partial charge in [0.25, 0.3) is 0 Å². The summed E-state index contributed by atoms with van der Waals surface area (Å²) in [4.78, 5) is 0. The van der Waals surface area contributed by atoms with Crippen LogP contribution in [-0.2, 0) is 6.54 Å². The molecule has 0 aromatic carbocycles. The van der Waals surface area contributed by atoms with E-state index in [1.807, 2.05) is 6.07 Å². The van der Waals surface area contributed by atoms with E-state index in [2.05, 4.69) is 37.2 Å². The summed E-state index contributed by atoms with van der Waals surface area (Å²) in [7, 11) is 0. The zero-order valence-electron chi connectivity index (χ0n) is 8.93. The molecule has 1 saturated carbocycles. The third kappa shape index (κ3) is 2.70. The minimum Gasteiger partial charge on any atom is -0.452 e. The normalized spacial score (nSPS) is 19.2. The number of aliphatic hydroxyl groups excluding tert-OH is 1. The van der Waals surface area contributed by atoms with E-state index >= 15 is 0 Å². The average Bonchev–Trinajstić information content (AvgIpc) is 2.85. The van der Waals surface area contributed by atoms with E-state index in [1.54, 1.807) is 0 Å². The molecule has 1 aromatic heterocycles. The second-order valence-corrected chi connectivity index (χ2v) is 5.91. The average molecular weight is 353 g/mol. The van der Waals surface area contributed by atoms with Crippen molar-refractivity contribution >= 4 is 31.9 Å².